The number of hydrogen-bond acceptors (Lipinski definition) is 2. The Labute approximate surface area is 96.4 Å². The normalized spacial score (nSPS) is 10.9. The summed E-state index contributed by atoms with van der Waals surface area (Å²) in [5, 5.41) is 0.701. The number of anilines is 1. The van der Waals surface area contributed by atoms with Gasteiger partial charge in [0.05, 0.1) is 6.61 Å². The first-order chi connectivity index (χ1) is 7.09. The van der Waals surface area contributed by atoms with E-state index in [0.29, 0.717) is 17.5 Å². The highest BCUT2D eigenvalue weighted by molar-refractivity contribution is 6.30. The van der Waals surface area contributed by atoms with Crippen LogP contribution < -0.4 is 5.73 Å². The third-order valence-electron chi connectivity index (χ3n) is 2.20. The van der Waals surface area contributed by atoms with Crippen molar-refractivity contribution in [1.82, 2.24) is 0 Å². The molecule has 0 saturated heterocycles. The van der Waals surface area contributed by atoms with Crippen LogP contribution in [0.25, 0.3) is 0 Å². The van der Waals surface area contributed by atoms with Crippen molar-refractivity contribution in [2.24, 2.45) is 5.92 Å². The molecule has 0 spiro atoms. The summed E-state index contributed by atoms with van der Waals surface area (Å²) in [5.74, 6) is 0.668. The van der Waals surface area contributed by atoms with Crippen molar-refractivity contribution in [2.75, 3.05) is 12.3 Å². The maximum atomic E-state index is 5.87. The Kier molecular flexibility index (Phi) is 4.92. The lowest BCUT2D eigenvalue weighted by atomic mass is 10.1. The highest BCUT2D eigenvalue weighted by atomic mass is 35.5. The van der Waals surface area contributed by atoms with Gasteiger partial charge in [-0.15, -0.1) is 0 Å². The van der Waals surface area contributed by atoms with Crippen molar-refractivity contribution in [1.29, 1.82) is 0 Å². The molecule has 0 unspecified atom stereocenters. The van der Waals surface area contributed by atoms with Crippen LogP contribution in [0.2, 0.25) is 5.02 Å². The quantitative estimate of drug-likeness (QED) is 0.618. The lowest BCUT2D eigenvalue weighted by Crippen LogP contribution is -2.01. The lowest BCUT2D eigenvalue weighted by Gasteiger charge is -2.08. The molecule has 0 atom stereocenters. The summed E-state index contributed by atoms with van der Waals surface area (Å²) >= 11 is 5.87. The molecular formula is C12H18ClNO. The summed E-state index contributed by atoms with van der Waals surface area (Å²) in [7, 11) is 0. The van der Waals surface area contributed by atoms with Crippen molar-refractivity contribution in [3.63, 3.8) is 0 Å². The minimum Gasteiger partial charge on any atom is -0.398 e. The van der Waals surface area contributed by atoms with Crippen LogP contribution in [0.4, 0.5) is 5.69 Å². The topological polar surface area (TPSA) is 35.2 Å². The van der Waals surface area contributed by atoms with Crippen molar-refractivity contribution >= 4 is 17.3 Å². The standard InChI is InChI=1S/C12H18ClNO/c1-9(2)5-6-15-8-10-7-11(13)3-4-12(10)14/h3-4,7,9H,5-6,8,14H2,1-2H3. The van der Waals surface area contributed by atoms with Gasteiger partial charge in [-0.25, -0.2) is 0 Å². The molecule has 1 aromatic carbocycles. The number of nitrogen functional groups attached to an aromatic ring is 1. The Morgan fingerprint density at radius 3 is 2.80 bits per heavy atom. The average Bonchev–Trinajstić information content (AvgIpc) is 2.17. The van der Waals surface area contributed by atoms with Gasteiger partial charge in [0, 0.05) is 22.9 Å². The number of rotatable bonds is 5. The largest absolute Gasteiger partial charge is 0.398 e. The molecule has 0 heterocycles. The van der Waals surface area contributed by atoms with E-state index in [1.54, 1.807) is 6.07 Å². The fraction of sp³-hybridized carbons (Fsp3) is 0.500. The van der Waals surface area contributed by atoms with E-state index >= 15 is 0 Å². The van der Waals surface area contributed by atoms with Gasteiger partial charge in [-0.3, -0.25) is 0 Å². The number of benzene rings is 1. The van der Waals surface area contributed by atoms with E-state index in [1.807, 2.05) is 12.1 Å². The highest BCUT2D eigenvalue weighted by Crippen LogP contribution is 2.18. The van der Waals surface area contributed by atoms with E-state index in [-0.39, 0.29) is 0 Å². The first-order valence-corrected chi connectivity index (χ1v) is 5.59. The van der Waals surface area contributed by atoms with Gasteiger partial charge >= 0.3 is 0 Å². The predicted octanol–water partition coefficient (Wildman–Crippen LogP) is 3.48. The van der Waals surface area contributed by atoms with E-state index in [9.17, 15) is 0 Å². The fourth-order valence-electron chi connectivity index (χ4n) is 1.20. The molecule has 0 bridgehead atoms. The predicted molar refractivity (Wildman–Crippen MR) is 65.0 cm³/mol. The summed E-state index contributed by atoms with van der Waals surface area (Å²) in [6.45, 7) is 5.66. The fourth-order valence-corrected chi connectivity index (χ4v) is 1.40. The van der Waals surface area contributed by atoms with E-state index in [4.69, 9.17) is 22.1 Å². The minimum atomic E-state index is 0.541. The molecule has 0 radical (unpaired) electrons. The minimum absolute atomic E-state index is 0.541. The Bertz CT molecular complexity index is 312. The summed E-state index contributed by atoms with van der Waals surface area (Å²) in [5.41, 5.74) is 7.50. The molecule has 0 aromatic heterocycles. The van der Waals surface area contributed by atoms with E-state index in [2.05, 4.69) is 13.8 Å². The molecule has 0 aliphatic rings. The second kappa shape index (κ2) is 5.99. The molecule has 0 amide bonds. The summed E-state index contributed by atoms with van der Waals surface area (Å²) in [6.07, 6.45) is 1.07. The van der Waals surface area contributed by atoms with Crippen LogP contribution in [-0.4, -0.2) is 6.61 Å². The van der Waals surface area contributed by atoms with Gasteiger partial charge in [-0.05, 0) is 30.5 Å². The van der Waals surface area contributed by atoms with Crippen LogP contribution in [0.1, 0.15) is 25.8 Å². The van der Waals surface area contributed by atoms with E-state index in [0.717, 1.165) is 24.3 Å². The van der Waals surface area contributed by atoms with Crippen molar-refractivity contribution in [3.05, 3.63) is 28.8 Å². The molecule has 0 saturated carbocycles. The third-order valence-corrected chi connectivity index (χ3v) is 2.44. The Hall–Kier alpha value is -0.730. The molecule has 1 rings (SSSR count). The van der Waals surface area contributed by atoms with Gasteiger partial charge < -0.3 is 10.5 Å². The first kappa shape index (κ1) is 12.3. The molecule has 3 heteroatoms. The maximum absolute atomic E-state index is 5.87. The number of halogens is 1. The zero-order chi connectivity index (χ0) is 11.3. The smallest absolute Gasteiger partial charge is 0.0737 e. The third kappa shape index (κ3) is 4.54. The van der Waals surface area contributed by atoms with E-state index in [1.165, 1.54) is 0 Å². The Balaban J connectivity index is 2.40. The van der Waals surface area contributed by atoms with E-state index < -0.39 is 0 Å². The van der Waals surface area contributed by atoms with Crippen LogP contribution in [0.5, 0.6) is 0 Å². The molecule has 1 aromatic rings. The SMILES string of the molecule is CC(C)CCOCc1cc(Cl)ccc1N. The highest BCUT2D eigenvalue weighted by Gasteiger charge is 2.01. The summed E-state index contributed by atoms with van der Waals surface area (Å²) < 4.78 is 5.53. The van der Waals surface area contributed by atoms with Crippen LogP contribution in [-0.2, 0) is 11.3 Å². The first-order valence-electron chi connectivity index (χ1n) is 5.21. The summed E-state index contributed by atoms with van der Waals surface area (Å²) in [4.78, 5) is 0. The number of ether oxygens (including phenoxy) is 1. The van der Waals surface area contributed by atoms with Crippen LogP contribution >= 0.6 is 11.6 Å². The Morgan fingerprint density at radius 2 is 2.13 bits per heavy atom. The van der Waals surface area contributed by atoms with Crippen LogP contribution in [0.3, 0.4) is 0 Å². The second-order valence-corrected chi connectivity index (χ2v) is 4.51. The van der Waals surface area contributed by atoms with Crippen LogP contribution in [0, 0.1) is 5.92 Å². The van der Waals surface area contributed by atoms with Crippen molar-refractivity contribution < 1.29 is 4.74 Å². The Morgan fingerprint density at radius 1 is 1.40 bits per heavy atom. The van der Waals surface area contributed by atoms with Gasteiger partial charge in [0.1, 0.15) is 0 Å². The zero-order valence-electron chi connectivity index (χ0n) is 9.29. The monoisotopic (exact) mass is 227 g/mol. The molecule has 84 valence electrons. The molecule has 0 fully saturated rings. The molecule has 15 heavy (non-hydrogen) atoms. The lowest BCUT2D eigenvalue weighted by molar-refractivity contribution is 0.111. The summed E-state index contributed by atoms with van der Waals surface area (Å²) in [6, 6.07) is 5.45. The van der Waals surface area contributed by atoms with Crippen LogP contribution in [0.15, 0.2) is 18.2 Å². The van der Waals surface area contributed by atoms with Gasteiger partial charge in [-0.1, -0.05) is 25.4 Å². The number of nitrogens with two attached hydrogens (primary N) is 1. The van der Waals surface area contributed by atoms with Gasteiger partial charge in [-0.2, -0.15) is 0 Å². The van der Waals surface area contributed by atoms with Crippen molar-refractivity contribution in [2.45, 2.75) is 26.9 Å². The van der Waals surface area contributed by atoms with Crippen molar-refractivity contribution in [3.8, 4) is 0 Å². The van der Waals surface area contributed by atoms with Gasteiger partial charge in [0.25, 0.3) is 0 Å². The molecule has 0 aliphatic carbocycles. The molecule has 0 aliphatic heterocycles. The molecule has 2 nitrogen and oxygen atoms in total. The van der Waals surface area contributed by atoms with Gasteiger partial charge in [0.2, 0.25) is 0 Å². The zero-order valence-corrected chi connectivity index (χ0v) is 10.1. The molecule has 2 N–H and O–H groups in total. The van der Waals surface area contributed by atoms with Gasteiger partial charge in [0.15, 0.2) is 0 Å². The maximum Gasteiger partial charge on any atom is 0.0737 e. The number of hydrogen-bond donors (Lipinski definition) is 1. The molecular weight excluding hydrogens is 210 g/mol. The average molecular weight is 228 g/mol. The second-order valence-electron chi connectivity index (χ2n) is 4.08.